The van der Waals surface area contributed by atoms with Crippen molar-refractivity contribution >= 4 is 12.4 Å². The predicted molar refractivity (Wildman–Crippen MR) is 99.8 cm³/mol. The van der Waals surface area contributed by atoms with Gasteiger partial charge in [-0.1, -0.05) is 38.8 Å². The van der Waals surface area contributed by atoms with Crippen LogP contribution in [0.2, 0.25) is 0 Å². The first kappa shape index (κ1) is 18.4. The van der Waals surface area contributed by atoms with Crippen LogP contribution in [0.5, 0.6) is 5.75 Å². The van der Waals surface area contributed by atoms with Crippen LogP contribution in [0.4, 0.5) is 0 Å². The summed E-state index contributed by atoms with van der Waals surface area (Å²) in [6, 6.07) is 2.44. The van der Waals surface area contributed by atoms with Crippen LogP contribution in [0.3, 0.4) is 0 Å². The third kappa shape index (κ3) is 2.51. The molecule has 0 heterocycles. The molecule has 128 valence electrons. The van der Waals surface area contributed by atoms with E-state index in [0.717, 1.165) is 5.56 Å². The van der Waals surface area contributed by atoms with Crippen molar-refractivity contribution in [1.29, 1.82) is 0 Å². The Bertz CT molecular complexity index is 612. The first-order chi connectivity index (χ1) is 10.5. The molecule has 23 heavy (non-hydrogen) atoms. The number of rotatable bonds is 3. The van der Waals surface area contributed by atoms with Crippen molar-refractivity contribution in [1.82, 2.24) is 5.32 Å². The Morgan fingerprint density at radius 3 is 2.70 bits per heavy atom. The summed E-state index contributed by atoms with van der Waals surface area (Å²) in [7, 11) is 2.04. The van der Waals surface area contributed by atoms with E-state index in [-0.39, 0.29) is 29.8 Å². The molecule has 0 aliphatic heterocycles. The first-order valence-electron chi connectivity index (χ1n) is 8.61. The van der Waals surface area contributed by atoms with Crippen LogP contribution in [0, 0.1) is 12.3 Å². The standard InChI is InChI=1S/C20H29NO.ClH/c1-6-12(2)14-11-13(3)16-15-9-7-8-10-20(15,4)19(21-5)17(16)18(14)22;/h6,11-12,15,19,21-22H,1,7-10H2,2-5H3;1H. The highest BCUT2D eigenvalue weighted by molar-refractivity contribution is 5.85. The van der Waals surface area contributed by atoms with Crippen molar-refractivity contribution in [2.24, 2.45) is 5.41 Å². The number of phenolic OH excluding ortho intramolecular Hbond substituents is 1. The number of hydrogen-bond acceptors (Lipinski definition) is 2. The Labute approximate surface area is 146 Å². The molecule has 1 aromatic carbocycles. The van der Waals surface area contributed by atoms with Crippen molar-refractivity contribution < 1.29 is 5.11 Å². The molecule has 1 fully saturated rings. The molecular weight excluding hydrogens is 306 g/mol. The Morgan fingerprint density at radius 2 is 2.09 bits per heavy atom. The van der Waals surface area contributed by atoms with Gasteiger partial charge in [0.2, 0.25) is 0 Å². The zero-order valence-electron chi connectivity index (χ0n) is 14.8. The van der Waals surface area contributed by atoms with Crippen LogP contribution in [-0.4, -0.2) is 12.2 Å². The maximum atomic E-state index is 11.0. The van der Waals surface area contributed by atoms with Gasteiger partial charge in [0.25, 0.3) is 0 Å². The number of phenols is 1. The largest absolute Gasteiger partial charge is 0.507 e. The van der Waals surface area contributed by atoms with Gasteiger partial charge in [0.05, 0.1) is 0 Å². The van der Waals surface area contributed by atoms with Crippen molar-refractivity contribution in [3.8, 4) is 5.75 Å². The molecule has 1 aromatic rings. The minimum absolute atomic E-state index is 0. The quantitative estimate of drug-likeness (QED) is 0.730. The van der Waals surface area contributed by atoms with Crippen molar-refractivity contribution in [3.05, 3.63) is 41.0 Å². The van der Waals surface area contributed by atoms with Gasteiger partial charge >= 0.3 is 0 Å². The molecule has 4 atom stereocenters. The number of allylic oxidation sites excluding steroid dienone is 1. The normalized spacial score (nSPS) is 30.1. The van der Waals surface area contributed by atoms with E-state index in [4.69, 9.17) is 0 Å². The average molecular weight is 336 g/mol. The van der Waals surface area contributed by atoms with Gasteiger partial charge in [0.15, 0.2) is 0 Å². The van der Waals surface area contributed by atoms with Crippen LogP contribution in [0.15, 0.2) is 18.7 Å². The maximum Gasteiger partial charge on any atom is 0.124 e. The number of aryl methyl sites for hydroxylation is 1. The van der Waals surface area contributed by atoms with E-state index >= 15 is 0 Å². The van der Waals surface area contributed by atoms with Crippen LogP contribution in [-0.2, 0) is 0 Å². The van der Waals surface area contributed by atoms with Crippen molar-refractivity contribution in [2.45, 2.75) is 64.3 Å². The number of hydrogen-bond donors (Lipinski definition) is 2. The van der Waals surface area contributed by atoms with Gasteiger partial charge in [-0.15, -0.1) is 19.0 Å². The Hall–Kier alpha value is -0.990. The fourth-order valence-corrected chi connectivity index (χ4v) is 5.09. The van der Waals surface area contributed by atoms with Gasteiger partial charge in [-0.25, -0.2) is 0 Å². The summed E-state index contributed by atoms with van der Waals surface area (Å²) in [5, 5.41) is 14.5. The van der Waals surface area contributed by atoms with Gasteiger partial charge in [-0.3, -0.25) is 0 Å². The molecule has 4 unspecified atom stereocenters. The van der Waals surface area contributed by atoms with Crippen molar-refractivity contribution in [2.75, 3.05) is 7.05 Å². The average Bonchev–Trinajstić information content (AvgIpc) is 2.79. The van der Waals surface area contributed by atoms with Gasteiger partial charge in [0.1, 0.15) is 5.75 Å². The Balaban J connectivity index is 0.00000192. The number of aromatic hydroxyl groups is 1. The lowest BCUT2D eigenvalue weighted by Crippen LogP contribution is -2.35. The lowest BCUT2D eigenvalue weighted by atomic mass is 9.66. The van der Waals surface area contributed by atoms with Crippen molar-refractivity contribution in [3.63, 3.8) is 0 Å². The fourth-order valence-electron chi connectivity index (χ4n) is 5.09. The lowest BCUT2D eigenvalue weighted by Gasteiger charge is -2.41. The van der Waals surface area contributed by atoms with E-state index in [1.165, 1.54) is 42.4 Å². The number of nitrogens with one attached hydrogen (secondary N) is 1. The molecule has 3 rings (SSSR count). The van der Waals surface area contributed by atoms with E-state index in [0.29, 0.717) is 11.7 Å². The SMILES string of the molecule is C=CC(C)c1cc(C)c2c(c1O)C(NC)C1(C)CCCCC21.Cl. The lowest BCUT2D eigenvalue weighted by molar-refractivity contribution is 0.140. The fraction of sp³-hybridized carbons (Fsp3) is 0.600. The molecule has 2 nitrogen and oxygen atoms in total. The highest BCUT2D eigenvalue weighted by atomic mass is 35.5. The second kappa shape index (κ2) is 6.49. The van der Waals surface area contributed by atoms with Crippen LogP contribution in [0.25, 0.3) is 0 Å². The molecule has 0 radical (unpaired) electrons. The maximum absolute atomic E-state index is 11.0. The zero-order valence-corrected chi connectivity index (χ0v) is 15.6. The highest BCUT2D eigenvalue weighted by Crippen LogP contribution is 2.63. The van der Waals surface area contributed by atoms with Gasteiger partial charge in [0, 0.05) is 23.1 Å². The Kier molecular flexibility index (Phi) is 5.18. The minimum Gasteiger partial charge on any atom is -0.507 e. The number of fused-ring (bicyclic) bond motifs is 3. The number of benzene rings is 1. The summed E-state index contributed by atoms with van der Waals surface area (Å²) in [6.45, 7) is 10.6. The minimum atomic E-state index is 0. The predicted octanol–water partition coefficient (Wildman–Crippen LogP) is 5.35. The van der Waals surface area contributed by atoms with Crippen LogP contribution < -0.4 is 5.32 Å². The highest BCUT2D eigenvalue weighted by Gasteiger charge is 2.52. The van der Waals surface area contributed by atoms with Gasteiger partial charge in [-0.2, -0.15) is 0 Å². The van der Waals surface area contributed by atoms with Gasteiger partial charge in [-0.05, 0) is 49.3 Å². The number of halogens is 1. The molecule has 0 saturated heterocycles. The Morgan fingerprint density at radius 1 is 1.39 bits per heavy atom. The second-order valence-electron chi connectivity index (χ2n) is 7.51. The molecule has 0 amide bonds. The second-order valence-corrected chi connectivity index (χ2v) is 7.51. The van der Waals surface area contributed by atoms with E-state index in [9.17, 15) is 5.11 Å². The van der Waals surface area contributed by atoms with E-state index < -0.39 is 0 Å². The molecule has 2 N–H and O–H groups in total. The monoisotopic (exact) mass is 335 g/mol. The molecule has 3 heteroatoms. The van der Waals surface area contributed by atoms with E-state index in [1.807, 2.05) is 13.1 Å². The summed E-state index contributed by atoms with van der Waals surface area (Å²) in [5.74, 6) is 1.26. The van der Waals surface area contributed by atoms with Crippen LogP contribution >= 0.6 is 12.4 Å². The molecule has 0 bridgehead atoms. The zero-order chi connectivity index (χ0) is 16.1. The third-order valence-corrected chi connectivity index (χ3v) is 6.30. The van der Waals surface area contributed by atoms with E-state index in [1.54, 1.807) is 0 Å². The van der Waals surface area contributed by atoms with Gasteiger partial charge < -0.3 is 10.4 Å². The summed E-state index contributed by atoms with van der Waals surface area (Å²) >= 11 is 0. The molecule has 1 saturated carbocycles. The molecule has 0 aromatic heterocycles. The summed E-state index contributed by atoms with van der Waals surface area (Å²) in [4.78, 5) is 0. The molecule has 2 aliphatic rings. The topological polar surface area (TPSA) is 32.3 Å². The van der Waals surface area contributed by atoms with E-state index in [2.05, 4.69) is 38.7 Å². The summed E-state index contributed by atoms with van der Waals surface area (Å²) in [6.07, 6.45) is 7.01. The smallest absolute Gasteiger partial charge is 0.124 e. The summed E-state index contributed by atoms with van der Waals surface area (Å²) in [5.41, 5.74) is 5.17. The third-order valence-electron chi connectivity index (χ3n) is 6.30. The van der Waals surface area contributed by atoms with Crippen LogP contribution in [0.1, 0.15) is 79.7 Å². The molecular formula is C20H30ClNO. The molecule has 2 aliphatic carbocycles. The first-order valence-corrected chi connectivity index (χ1v) is 8.61. The summed E-state index contributed by atoms with van der Waals surface area (Å²) < 4.78 is 0. The molecule has 0 spiro atoms.